The zero-order chi connectivity index (χ0) is 12.6. The van der Waals surface area contributed by atoms with E-state index in [0.29, 0.717) is 5.54 Å². The molecule has 1 fully saturated rings. The van der Waals surface area contributed by atoms with Crippen LogP contribution in [-0.2, 0) is 13.0 Å². The molecule has 0 aromatic carbocycles. The number of nitrogens with zero attached hydrogens (tertiary/aromatic N) is 1. The van der Waals surface area contributed by atoms with Gasteiger partial charge in [-0.2, -0.15) is 0 Å². The van der Waals surface area contributed by atoms with Crippen molar-refractivity contribution in [1.29, 1.82) is 0 Å². The molecule has 1 aliphatic carbocycles. The Hall–Kier alpha value is -0.380. The summed E-state index contributed by atoms with van der Waals surface area (Å²) >= 11 is 1.92. The lowest BCUT2D eigenvalue weighted by atomic mass is 9.75. The average molecular weight is 264 g/mol. The van der Waals surface area contributed by atoms with E-state index in [2.05, 4.69) is 23.3 Å². The van der Waals surface area contributed by atoms with Crippen molar-refractivity contribution >= 4 is 11.3 Å². The molecule has 0 spiro atoms. The highest BCUT2D eigenvalue weighted by Crippen LogP contribution is 2.38. The second kappa shape index (κ2) is 4.95. The van der Waals surface area contributed by atoms with Crippen LogP contribution in [0, 0.1) is 5.92 Å². The van der Waals surface area contributed by atoms with Crippen molar-refractivity contribution in [3.05, 3.63) is 21.9 Å². The molecular formula is C15H24N2S. The highest BCUT2D eigenvalue weighted by Gasteiger charge is 2.39. The van der Waals surface area contributed by atoms with Gasteiger partial charge in [-0.1, -0.05) is 6.92 Å². The smallest absolute Gasteiger partial charge is 0.0335 e. The number of hydrogen-bond acceptors (Lipinski definition) is 3. The van der Waals surface area contributed by atoms with Crippen LogP contribution in [0.4, 0.5) is 0 Å². The van der Waals surface area contributed by atoms with Gasteiger partial charge in [-0.3, -0.25) is 4.90 Å². The summed E-state index contributed by atoms with van der Waals surface area (Å²) in [6.07, 6.45) is 6.52. The summed E-state index contributed by atoms with van der Waals surface area (Å²) in [5, 5.41) is 2.24. The lowest BCUT2D eigenvalue weighted by Crippen LogP contribution is -2.56. The van der Waals surface area contributed by atoms with Crippen LogP contribution in [0.1, 0.15) is 43.0 Å². The zero-order valence-electron chi connectivity index (χ0n) is 11.3. The molecule has 0 amide bonds. The molecule has 1 aromatic rings. The fourth-order valence-corrected chi connectivity index (χ4v) is 4.49. The molecule has 0 radical (unpaired) electrons. The third-order valence-electron chi connectivity index (χ3n) is 5.06. The van der Waals surface area contributed by atoms with Crippen molar-refractivity contribution in [1.82, 2.24) is 4.90 Å². The van der Waals surface area contributed by atoms with E-state index < -0.39 is 0 Å². The first kappa shape index (κ1) is 12.6. The highest BCUT2D eigenvalue weighted by atomic mass is 32.1. The van der Waals surface area contributed by atoms with Gasteiger partial charge in [0.05, 0.1) is 0 Å². The van der Waals surface area contributed by atoms with E-state index in [9.17, 15) is 0 Å². The van der Waals surface area contributed by atoms with Crippen molar-refractivity contribution in [2.45, 2.75) is 51.1 Å². The zero-order valence-corrected chi connectivity index (χ0v) is 12.1. The second-order valence-corrected chi connectivity index (χ2v) is 7.15. The molecule has 1 aromatic heterocycles. The van der Waals surface area contributed by atoms with Crippen LogP contribution in [0.5, 0.6) is 0 Å². The quantitative estimate of drug-likeness (QED) is 0.889. The van der Waals surface area contributed by atoms with Crippen LogP contribution in [0.2, 0.25) is 0 Å². The van der Waals surface area contributed by atoms with Gasteiger partial charge in [0.25, 0.3) is 0 Å². The Labute approximate surface area is 114 Å². The maximum Gasteiger partial charge on any atom is 0.0335 e. The summed E-state index contributed by atoms with van der Waals surface area (Å²) in [7, 11) is 0. The topological polar surface area (TPSA) is 29.3 Å². The van der Waals surface area contributed by atoms with Gasteiger partial charge < -0.3 is 5.73 Å². The summed E-state index contributed by atoms with van der Waals surface area (Å²) in [4.78, 5) is 4.29. The van der Waals surface area contributed by atoms with Gasteiger partial charge in [-0.25, -0.2) is 0 Å². The van der Waals surface area contributed by atoms with Gasteiger partial charge in [0.2, 0.25) is 0 Å². The Balaban J connectivity index is 1.77. The first-order chi connectivity index (χ1) is 8.73. The number of hydrogen-bond donors (Lipinski definition) is 1. The van der Waals surface area contributed by atoms with Crippen molar-refractivity contribution < 1.29 is 0 Å². The lowest BCUT2D eigenvalue weighted by Gasteiger charge is -2.48. The Kier molecular flexibility index (Phi) is 3.48. The van der Waals surface area contributed by atoms with E-state index in [1.165, 1.54) is 38.6 Å². The van der Waals surface area contributed by atoms with Gasteiger partial charge in [-0.05, 0) is 55.0 Å². The van der Waals surface area contributed by atoms with Crippen molar-refractivity contribution in [2.75, 3.05) is 13.1 Å². The third kappa shape index (κ3) is 2.13. The van der Waals surface area contributed by atoms with Crippen LogP contribution in [0.25, 0.3) is 0 Å². The summed E-state index contributed by atoms with van der Waals surface area (Å²) in [5.74, 6) is 0.895. The molecule has 2 N–H and O–H groups in total. The molecule has 0 unspecified atom stereocenters. The maximum atomic E-state index is 6.17. The van der Waals surface area contributed by atoms with Crippen LogP contribution in [-0.4, -0.2) is 23.5 Å². The summed E-state index contributed by atoms with van der Waals surface area (Å²) in [5.41, 5.74) is 8.02. The highest BCUT2D eigenvalue weighted by molar-refractivity contribution is 7.10. The van der Waals surface area contributed by atoms with E-state index in [0.717, 1.165) is 19.0 Å². The molecule has 2 heterocycles. The van der Waals surface area contributed by atoms with Gasteiger partial charge in [0, 0.05) is 30.1 Å². The van der Waals surface area contributed by atoms with Crippen molar-refractivity contribution in [3.63, 3.8) is 0 Å². The molecule has 1 aliphatic heterocycles. The van der Waals surface area contributed by atoms with E-state index in [-0.39, 0.29) is 0 Å². The predicted molar refractivity (Wildman–Crippen MR) is 77.9 cm³/mol. The summed E-state index contributed by atoms with van der Waals surface area (Å²) in [6, 6.07) is 2.31. The molecule has 0 bridgehead atoms. The molecule has 100 valence electrons. The molecule has 3 rings (SSSR count). The van der Waals surface area contributed by atoms with E-state index in [4.69, 9.17) is 5.73 Å². The molecule has 0 saturated heterocycles. The Morgan fingerprint density at radius 3 is 2.94 bits per heavy atom. The van der Waals surface area contributed by atoms with Crippen LogP contribution in [0.15, 0.2) is 11.4 Å². The van der Waals surface area contributed by atoms with E-state index in [1.54, 1.807) is 10.4 Å². The van der Waals surface area contributed by atoms with Crippen LogP contribution < -0.4 is 5.73 Å². The summed E-state index contributed by atoms with van der Waals surface area (Å²) in [6.45, 7) is 5.55. The molecule has 18 heavy (non-hydrogen) atoms. The monoisotopic (exact) mass is 264 g/mol. The van der Waals surface area contributed by atoms with Crippen molar-refractivity contribution in [2.24, 2.45) is 11.7 Å². The van der Waals surface area contributed by atoms with Gasteiger partial charge in [-0.15, -0.1) is 11.3 Å². The number of fused-ring (bicyclic) bond motifs is 1. The minimum atomic E-state index is 0.298. The first-order valence-electron chi connectivity index (χ1n) is 7.24. The Morgan fingerprint density at radius 2 is 2.22 bits per heavy atom. The minimum Gasteiger partial charge on any atom is -0.329 e. The fraction of sp³-hybridized carbons (Fsp3) is 0.733. The lowest BCUT2D eigenvalue weighted by molar-refractivity contribution is 0.0340. The standard InChI is InChI=1S/C15H24N2S/c1-12-2-6-15(11-16,7-3-12)17-8-4-14-13(10-17)5-9-18-14/h5,9,12H,2-4,6-8,10-11,16H2,1H3. The molecular weight excluding hydrogens is 240 g/mol. The van der Waals surface area contributed by atoms with Crippen LogP contribution >= 0.6 is 11.3 Å². The predicted octanol–water partition coefficient (Wildman–Crippen LogP) is 3.01. The summed E-state index contributed by atoms with van der Waals surface area (Å²) < 4.78 is 0. The maximum absolute atomic E-state index is 6.17. The van der Waals surface area contributed by atoms with Crippen molar-refractivity contribution in [3.8, 4) is 0 Å². The Bertz CT molecular complexity index is 404. The van der Waals surface area contributed by atoms with E-state index in [1.807, 2.05) is 11.3 Å². The number of nitrogens with two attached hydrogens (primary N) is 1. The fourth-order valence-electron chi connectivity index (χ4n) is 3.60. The third-order valence-corrected chi connectivity index (χ3v) is 6.09. The number of thiophene rings is 1. The molecule has 2 aliphatic rings. The van der Waals surface area contributed by atoms with Gasteiger partial charge >= 0.3 is 0 Å². The van der Waals surface area contributed by atoms with Gasteiger partial charge in [0.1, 0.15) is 0 Å². The molecule has 0 atom stereocenters. The van der Waals surface area contributed by atoms with E-state index >= 15 is 0 Å². The second-order valence-electron chi connectivity index (χ2n) is 6.15. The average Bonchev–Trinajstić information content (AvgIpc) is 2.87. The SMILES string of the molecule is CC1CCC(CN)(N2CCc3sccc3C2)CC1. The molecule has 1 saturated carbocycles. The molecule has 2 nitrogen and oxygen atoms in total. The van der Waals surface area contributed by atoms with Crippen LogP contribution in [0.3, 0.4) is 0 Å². The normalized spacial score (nSPS) is 33.3. The number of rotatable bonds is 2. The first-order valence-corrected chi connectivity index (χ1v) is 8.12. The molecule has 3 heteroatoms. The Morgan fingerprint density at radius 1 is 1.44 bits per heavy atom. The van der Waals surface area contributed by atoms with Gasteiger partial charge in [0.15, 0.2) is 0 Å². The largest absolute Gasteiger partial charge is 0.329 e. The minimum absolute atomic E-state index is 0.298.